The van der Waals surface area contributed by atoms with Gasteiger partial charge in [0.05, 0.1) is 17.5 Å². The van der Waals surface area contributed by atoms with Gasteiger partial charge in [0.1, 0.15) is 11.9 Å². The number of nitrogens with two attached hydrogens (primary N) is 2. The summed E-state index contributed by atoms with van der Waals surface area (Å²) in [6.45, 7) is 0. The normalized spacial score (nSPS) is 12.4. The molecule has 0 bridgehead atoms. The third kappa shape index (κ3) is 5.35. The lowest BCUT2D eigenvalue weighted by Crippen LogP contribution is -2.39. The van der Waals surface area contributed by atoms with Crippen LogP contribution in [0.2, 0.25) is 0 Å². The summed E-state index contributed by atoms with van der Waals surface area (Å²) in [7, 11) is 0. The van der Waals surface area contributed by atoms with E-state index in [4.69, 9.17) is 11.5 Å². The van der Waals surface area contributed by atoms with Crippen LogP contribution in [0, 0.1) is 5.82 Å². The molecule has 1 unspecified atom stereocenters. The van der Waals surface area contributed by atoms with Crippen LogP contribution in [0.1, 0.15) is 16.8 Å². The van der Waals surface area contributed by atoms with Crippen molar-refractivity contribution < 1.29 is 27.2 Å². The first-order chi connectivity index (χ1) is 14.5. The molecular formula is C19H16F4N6O2. The van der Waals surface area contributed by atoms with Gasteiger partial charge in [-0.2, -0.15) is 13.2 Å². The molecule has 1 atom stereocenters. The zero-order chi connectivity index (χ0) is 22.8. The average molecular weight is 436 g/mol. The SMILES string of the molecule is NC(=O)c1cc(F)c(NC(CC(F)(F)F)C(N)=O)nc1Nc1ccc2cccnc2c1. The number of carbonyl (C=O) groups is 2. The number of hydrogen-bond donors (Lipinski definition) is 4. The predicted molar refractivity (Wildman–Crippen MR) is 105 cm³/mol. The van der Waals surface area contributed by atoms with Crippen LogP contribution >= 0.6 is 0 Å². The Morgan fingerprint density at radius 2 is 1.84 bits per heavy atom. The van der Waals surface area contributed by atoms with Crippen molar-refractivity contribution in [1.82, 2.24) is 9.97 Å². The third-order valence-electron chi connectivity index (χ3n) is 4.20. The Morgan fingerprint density at radius 3 is 2.48 bits per heavy atom. The Morgan fingerprint density at radius 1 is 1.10 bits per heavy atom. The zero-order valence-electron chi connectivity index (χ0n) is 15.7. The number of primary amides is 2. The first-order valence-electron chi connectivity index (χ1n) is 8.78. The second-order valence-corrected chi connectivity index (χ2v) is 6.53. The lowest BCUT2D eigenvalue weighted by Gasteiger charge is -2.19. The standard InChI is InChI=1S/C19H16F4N6O2/c20-12-7-11(15(24)30)17(27-10-4-3-9-2-1-5-26-13(9)6-10)29-18(12)28-14(16(25)31)8-19(21,22)23/h1-7,14H,8H2,(H2,24,30)(H2,25,31)(H2,27,28,29). The van der Waals surface area contributed by atoms with Gasteiger partial charge in [0.25, 0.3) is 5.91 Å². The molecule has 6 N–H and O–H groups in total. The molecule has 3 aromatic rings. The first kappa shape index (κ1) is 21.7. The zero-order valence-corrected chi connectivity index (χ0v) is 15.7. The van der Waals surface area contributed by atoms with Crippen LogP contribution in [-0.2, 0) is 4.79 Å². The minimum Gasteiger partial charge on any atom is -0.368 e. The maximum absolute atomic E-state index is 14.4. The molecule has 0 radical (unpaired) electrons. The number of pyridine rings is 2. The van der Waals surface area contributed by atoms with Crippen LogP contribution < -0.4 is 22.1 Å². The smallest absolute Gasteiger partial charge is 0.368 e. The molecule has 2 aromatic heterocycles. The van der Waals surface area contributed by atoms with Crippen LogP contribution in [-0.4, -0.2) is 34.0 Å². The summed E-state index contributed by atoms with van der Waals surface area (Å²) in [5, 5.41) is 5.64. The van der Waals surface area contributed by atoms with Crippen molar-refractivity contribution >= 4 is 40.0 Å². The lowest BCUT2D eigenvalue weighted by molar-refractivity contribution is -0.144. The van der Waals surface area contributed by atoms with Gasteiger partial charge in [-0.3, -0.25) is 14.6 Å². The van der Waals surface area contributed by atoms with Crippen molar-refractivity contribution in [1.29, 1.82) is 0 Å². The molecule has 12 heteroatoms. The molecule has 1 aromatic carbocycles. The van der Waals surface area contributed by atoms with Crippen LogP contribution in [0.15, 0.2) is 42.6 Å². The predicted octanol–water partition coefficient (Wildman–Crippen LogP) is 2.83. The number of hydrogen-bond acceptors (Lipinski definition) is 6. The molecule has 0 fully saturated rings. The van der Waals surface area contributed by atoms with Crippen LogP contribution in [0.5, 0.6) is 0 Å². The van der Waals surface area contributed by atoms with Gasteiger partial charge in [-0.1, -0.05) is 12.1 Å². The molecule has 2 amide bonds. The number of fused-ring (bicyclic) bond motifs is 1. The van der Waals surface area contributed by atoms with Crippen molar-refractivity contribution in [2.24, 2.45) is 11.5 Å². The molecule has 31 heavy (non-hydrogen) atoms. The quantitative estimate of drug-likeness (QED) is 0.421. The van der Waals surface area contributed by atoms with Gasteiger partial charge < -0.3 is 22.1 Å². The van der Waals surface area contributed by atoms with Gasteiger partial charge in [-0.15, -0.1) is 0 Å². The molecule has 8 nitrogen and oxygen atoms in total. The fourth-order valence-electron chi connectivity index (χ4n) is 2.77. The first-order valence-corrected chi connectivity index (χ1v) is 8.78. The van der Waals surface area contributed by atoms with E-state index in [1.54, 1.807) is 30.5 Å². The Balaban J connectivity index is 1.98. The average Bonchev–Trinajstić information content (AvgIpc) is 2.68. The lowest BCUT2D eigenvalue weighted by atomic mass is 10.1. The van der Waals surface area contributed by atoms with E-state index in [9.17, 15) is 27.2 Å². The van der Waals surface area contributed by atoms with Crippen molar-refractivity contribution in [2.75, 3.05) is 10.6 Å². The highest BCUT2D eigenvalue weighted by Gasteiger charge is 2.35. The summed E-state index contributed by atoms with van der Waals surface area (Å²) in [5.74, 6) is -4.51. The molecule has 0 aliphatic carbocycles. The second-order valence-electron chi connectivity index (χ2n) is 6.53. The number of carbonyl (C=O) groups excluding carboxylic acids is 2. The maximum Gasteiger partial charge on any atom is 0.391 e. The van der Waals surface area contributed by atoms with Gasteiger partial charge in [0, 0.05) is 17.3 Å². The van der Waals surface area contributed by atoms with Crippen LogP contribution in [0.3, 0.4) is 0 Å². The van der Waals surface area contributed by atoms with Crippen molar-refractivity contribution in [3.63, 3.8) is 0 Å². The number of nitrogens with zero attached hydrogens (tertiary/aromatic N) is 2. The van der Waals surface area contributed by atoms with E-state index in [1.165, 1.54) is 0 Å². The number of aromatic nitrogens is 2. The monoisotopic (exact) mass is 436 g/mol. The van der Waals surface area contributed by atoms with E-state index < -0.39 is 42.1 Å². The van der Waals surface area contributed by atoms with Gasteiger partial charge in [-0.25, -0.2) is 9.37 Å². The van der Waals surface area contributed by atoms with E-state index in [2.05, 4.69) is 15.3 Å². The minimum absolute atomic E-state index is 0.234. The molecule has 0 aliphatic heterocycles. The molecule has 2 heterocycles. The van der Waals surface area contributed by atoms with E-state index >= 15 is 0 Å². The fourth-order valence-corrected chi connectivity index (χ4v) is 2.77. The molecule has 162 valence electrons. The van der Waals surface area contributed by atoms with Crippen LogP contribution in [0.4, 0.5) is 34.9 Å². The molecule has 3 rings (SSSR count). The number of nitrogens with one attached hydrogen (secondary N) is 2. The summed E-state index contributed by atoms with van der Waals surface area (Å²) >= 11 is 0. The summed E-state index contributed by atoms with van der Waals surface area (Å²) in [5.41, 5.74) is 10.9. The van der Waals surface area contributed by atoms with Gasteiger partial charge in [0.15, 0.2) is 11.6 Å². The Labute approximate surface area is 172 Å². The highest BCUT2D eigenvalue weighted by atomic mass is 19.4. The highest BCUT2D eigenvalue weighted by Crippen LogP contribution is 2.28. The fraction of sp³-hybridized carbons (Fsp3) is 0.158. The van der Waals surface area contributed by atoms with Crippen LogP contribution in [0.25, 0.3) is 10.9 Å². The summed E-state index contributed by atoms with van der Waals surface area (Å²) in [6.07, 6.45) is -4.81. The molecule has 0 aliphatic rings. The minimum atomic E-state index is -4.74. The van der Waals surface area contributed by atoms with E-state index in [-0.39, 0.29) is 11.4 Å². The molecule has 0 spiro atoms. The number of halogens is 4. The van der Waals surface area contributed by atoms with E-state index in [1.807, 2.05) is 11.4 Å². The third-order valence-corrected chi connectivity index (χ3v) is 4.20. The topological polar surface area (TPSA) is 136 Å². The number of anilines is 3. The molecule has 0 saturated heterocycles. The van der Waals surface area contributed by atoms with Gasteiger partial charge in [-0.05, 0) is 24.3 Å². The van der Waals surface area contributed by atoms with E-state index in [0.29, 0.717) is 17.3 Å². The summed E-state index contributed by atoms with van der Waals surface area (Å²) in [4.78, 5) is 31.1. The number of rotatable bonds is 7. The summed E-state index contributed by atoms with van der Waals surface area (Å²) in [6, 6.07) is 7.27. The summed E-state index contributed by atoms with van der Waals surface area (Å²) < 4.78 is 52.5. The van der Waals surface area contributed by atoms with Crippen molar-refractivity contribution in [2.45, 2.75) is 18.6 Å². The molecule has 0 saturated carbocycles. The Hall–Kier alpha value is -3.96. The number of amides is 2. The molecular weight excluding hydrogens is 420 g/mol. The van der Waals surface area contributed by atoms with E-state index in [0.717, 1.165) is 5.39 Å². The Bertz CT molecular complexity index is 1150. The second kappa shape index (κ2) is 8.42. The van der Waals surface area contributed by atoms with Gasteiger partial charge >= 0.3 is 6.18 Å². The number of benzene rings is 1. The Kier molecular flexibility index (Phi) is 5.90. The van der Waals surface area contributed by atoms with Crippen molar-refractivity contribution in [3.05, 3.63) is 54.0 Å². The maximum atomic E-state index is 14.4. The largest absolute Gasteiger partial charge is 0.391 e. The highest BCUT2D eigenvalue weighted by molar-refractivity contribution is 5.99. The van der Waals surface area contributed by atoms with Gasteiger partial charge in [0.2, 0.25) is 5.91 Å². The van der Waals surface area contributed by atoms with Crippen molar-refractivity contribution in [3.8, 4) is 0 Å². The number of alkyl halides is 3.